The summed E-state index contributed by atoms with van der Waals surface area (Å²) >= 11 is 0. The Bertz CT molecular complexity index is 494. The Morgan fingerprint density at radius 3 is 2.72 bits per heavy atom. The van der Waals surface area contributed by atoms with E-state index in [1.165, 1.54) is 24.0 Å². The van der Waals surface area contributed by atoms with E-state index in [4.69, 9.17) is 0 Å². The minimum Gasteiger partial charge on any atom is -0.508 e. The fraction of sp³-hybridized carbons (Fsp3) is 0.625. The summed E-state index contributed by atoms with van der Waals surface area (Å²) < 4.78 is 0. The van der Waals surface area contributed by atoms with Crippen LogP contribution in [-0.2, 0) is 5.41 Å². The number of benzene rings is 1. The van der Waals surface area contributed by atoms with Gasteiger partial charge in [0.2, 0.25) is 0 Å². The standard InChI is InChI=1S/C16H23NO/c1-15(2)14-6-5-12(18)9-13(14)11-7-8-17(4)16(15,3)10-11/h5-6,9,11,18H,7-8,10H2,1-4H3. The predicted molar refractivity (Wildman–Crippen MR) is 74.1 cm³/mol. The lowest BCUT2D eigenvalue weighted by molar-refractivity contribution is 0.00455. The number of likely N-dealkylation sites (N-methyl/N-ethyl adjacent to an activating group) is 1. The van der Waals surface area contributed by atoms with Crippen molar-refractivity contribution in [1.82, 2.24) is 4.90 Å². The average Bonchev–Trinajstić information content (AvgIpc) is 2.31. The highest BCUT2D eigenvalue weighted by molar-refractivity contribution is 5.47. The zero-order valence-electron chi connectivity index (χ0n) is 11.8. The maximum atomic E-state index is 9.76. The lowest BCUT2D eigenvalue weighted by Gasteiger charge is -2.59. The number of phenolic OH excluding ortho intramolecular Hbond substituents is 1. The molecule has 1 aromatic carbocycles. The molecule has 18 heavy (non-hydrogen) atoms. The Kier molecular flexibility index (Phi) is 2.34. The molecule has 0 saturated carbocycles. The molecule has 1 saturated heterocycles. The van der Waals surface area contributed by atoms with Crippen LogP contribution in [0, 0.1) is 0 Å². The van der Waals surface area contributed by atoms with Gasteiger partial charge in [0.25, 0.3) is 0 Å². The van der Waals surface area contributed by atoms with E-state index in [0.29, 0.717) is 11.7 Å². The fourth-order valence-electron chi connectivity index (χ4n) is 4.08. The van der Waals surface area contributed by atoms with E-state index in [2.05, 4.69) is 38.8 Å². The summed E-state index contributed by atoms with van der Waals surface area (Å²) in [5, 5.41) is 9.76. The Morgan fingerprint density at radius 1 is 1.28 bits per heavy atom. The van der Waals surface area contributed by atoms with Crippen LogP contribution in [0.3, 0.4) is 0 Å². The van der Waals surface area contributed by atoms with Gasteiger partial charge in [0, 0.05) is 11.0 Å². The van der Waals surface area contributed by atoms with E-state index >= 15 is 0 Å². The number of hydrogen-bond acceptors (Lipinski definition) is 2. The summed E-state index contributed by atoms with van der Waals surface area (Å²) in [6.45, 7) is 8.25. The number of phenols is 1. The van der Waals surface area contributed by atoms with E-state index in [9.17, 15) is 5.11 Å². The Labute approximate surface area is 110 Å². The van der Waals surface area contributed by atoms with E-state index in [1.807, 2.05) is 12.1 Å². The number of likely N-dealkylation sites (tertiary alicyclic amines) is 1. The van der Waals surface area contributed by atoms with Crippen LogP contribution >= 0.6 is 0 Å². The van der Waals surface area contributed by atoms with Gasteiger partial charge in [-0.2, -0.15) is 0 Å². The van der Waals surface area contributed by atoms with E-state index in [1.54, 1.807) is 0 Å². The van der Waals surface area contributed by atoms with Crippen LogP contribution in [0.4, 0.5) is 0 Å². The second kappa shape index (κ2) is 3.51. The van der Waals surface area contributed by atoms with Gasteiger partial charge in [-0.25, -0.2) is 0 Å². The molecular formula is C16H23NO. The zero-order chi connectivity index (χ0) is 13.1. The Balaban J connectivity index is 2.23. The first-order valence-electron chi connectivity index (χ1n) is 6.91. The molecule has 1 aliphatic carbocycles. The monoisotopic (exact) mass is 245 g/mol. The maximum Gasteiger partial charge on any atom is 0.115 e. The topological polar surface area (TPSA) is 23.5 Å². The van der Waals surface area contributed by atoms with Crippen molar-refractivity contribution in [2.24, 2.45) is 0 Å². The summed E-state index contributed by atoms with van der Waals surface area (Å²) in [7, 11) is 2.25. The number of fused-ring (bicyclic) bond motifs is 4. The number of nitrogens with zero attached hydrogens (tertiary/aromatic N) is 1. The Morgan fingerprint density at radius 2 is 2.00 bits per heavy atom. The van der Waals surface area contributed by atoms with E-state index in [0.717, 1.165) is 6.54 Å². The van der Waals surface area contributed by atoms with E-state index < -0.39 is 0 Å². The van der Waals surface area contributed by atoms with Gasteiger partial charge in [-0.05, 0) is 62.5 Å². The number of piperidine rings is 1. The maximum absolute atomic E-state index is 9.76. The first-order chi connectivity index (χ1) is 8.36. The van der Waals surface area contributed by atoms with Gasteiger partial charge in [-0.1, -0.05) is 19.9 Å². The molecule has 2 atom stereocenters. The first kappa shape index (κ1) is 12.0. The van der Waals surface area contributed by atoms with Crippen LogP contribution < -0.4 is 0 Å². The molecule has 0 spiro atoms. The van der Waals surface area contributed by atoms with Crippen molar-refractivity contribution < 1.29 is 5.11 Å². The molecule has 2 nitrogen and oxygen atoms in total. The summed E-state index contributed by atoms with van der Waals surface area (Å²) in [6, 6.07) is 5.96. The quantitative estimate of drug-likeness (QED) is 0.758. The van der Waals surface area contributed by atoms with Crippen molar-refractivity contribution >= 4 is 0 Å². The second-order valence-electron chi connectivity index (χ2n) is 6.78. The van der Waals surface area contributed by atoms with Crippen LogP contribution in [0.1, 0.15) is 50.7 Å². The van der Waals surface area contributed by atoms with Gasteiger partial charge >= 0.3 is 0 Å². The average molecular weight is 245 g/mol. The van der Waals surface area contributed by atoms with Crippen molar-refractivity contribution in [2.45, 2.75) is 50.5 Å². The first-order valence-corrected chi connectivity index (χ1v) is 6.91. The molecule has 2 unspecified atom stereocenters. The molecule has 0 aromatic heterocycles. The molecule has 2 aliphatic rings. The lowest BCUT2D eigenvalue weighted by atomic mass is 9.56. The molecule has 0 radical (unpaired) electrons. The number of aromatic hydroxyl groups is 1. The van der Waals surface area contributed by atoms with Crippen LogP contribution in [0.15, 0.2) is 18.2 Å². The van der Waals surface area contributed by atoms with Crippen LogP contribution in [0.2, 0.25) is 0 Å². The summed E-state index contributed by atoms with van der Waals surface area (Å²) in [5.74, 6) is 1.02. The second-order valence-corrected chi connectivity index (χ2v) is 6.78. The highest BCUT2D eigenvalue weighted by atomic mass is 16.3. The predicted octanol–water partition coefficient (Wildman–Crippen LogP) is 3.25. The largest absolute Gasteiger partial charge is 0.508 e. The number of hydrogen-bond donors (Lipinski definition) is 1. The van der Waals surface area contributed by atoms with Crippen molar-refractivity contribution in [3.8, 4) is 5.75 Å². The third kappa shape index (κ3) is 1.33. The van der Waals surface area contributed by atoms with Crippen LogP contribution in [-0.4, -0.2) is 29.1 Å². The van der Waals surface area contributed by atoms with Crippen molar-refractivity contribution in [2.75, 3.05) is 13.6 Å². The van der Waals surface area contributed by atoms with Crippen molar-refractivity contribution in [1.29, 1.82) is 0 Å². The third-order valence-corrected chi connectivity index (χ3v) is 5.79. The molecular weight excluding hydrogens is 222 g/mol. The molecule has 1 N–H and O–H groups in total. The highest BCUT2D eigenvalue weighted by Gasteiger charge is 2.53. The molecule has 1 fully saturated rings. The van der Waals surface area contributed by atoms with Gasteiger partial charge in [0.15, 0.2) is 0 Å². The third-order valence-electron chi connectivity index (χ3n) is 5.79. The lowest BCUT2D eigenvalue weighted by Crippen LogP contribution is -2.62. The SMILES string of the molecule is CN1CCC2CC1(C)C(C)(C)c1ccc(O)cc12. The molecule has 1 heterocycles. The summed E-state index contributed by atoms with van der Waals surface area (Å²) in [6.07, 6.45) is 2.41. The van der Waals surface area contributed by atoms with Crippen molar-refractivity contribution in [3.63, 3.8) is 0 Å². The molecule has 1 aliphatic heterocycles. The van der Waals surface area contributed by atoms with Gasteiger partial charge in [0.05, 0.1) is 0 Å². The summed E-state index contributed by atoms with van der Waals surface area (Å²) in [4.78, 5) is 2.53. The minimum absolute atomic E-state index is 0.127. The van der Waals surface area contributed by atoms with E-state index in [-0.39, 0.29) is 11.0 Å². The normalized spacial score (nSPS) is 34.1. The fourth-order valence-corrected chi connectivity index (χ4v) is 4.08. The van der Waals surface area contributed by atoms with Gasteiger partial charge in [-0.3, -0.25) is 0 Å². The smallest absolute Gasteiger partial charge is 0.115 e. The zero-order valence-corrected chi connectivity index (χ0v) is 11.8. The number of rotatable bonds is 0. The Hall–Kier alpha value is -1.02. The molecule has 2 bridgehead atoms. The van der Waals surface area contributed by atoms with Gasteiger partial charge in [0.1, 0.15) is 5.75 Å². The van der Waals surface area contributed by atoms with Crippen molar-refractivity contribution in [3.05, 3.63) is 29.3 Å². The molecule has 0 amide bonds. The molecule has 98 valence electrons. The van der Waals surface area contributed by atoms with Gasteiger partial charge < -0.3 is 10.0 Å². The molecule has 2 heteroatoms. The molecule has 3 rings (SSSR count). The minimum atomic E-state index is 0.127. The van der Waals surface area contributed by atoms with Gasteiger partial charge in [-0.15, -0.1) is 0 Å². The van der Waals surface area contributed by atoms with Crippen LogP contribution in [0.5, 0.6) is 5.75 Å². The highest BCUT2D eigenvalue weighted by Crippen LogP contribution is 2.54. The summed E-state index contributed by atoms with van der Waals surface area (Å²) in [5.41, 5.74) is 3.15. The molecule has 1 aromatic rings. The van der Waals surface area contributed by atoms with Crippen LogP contribution in [0.25, 0.3) is 0 Å².